The molecule has 0 aromatic heterocycles. The maximum Gasteiger partial charge on any atom is 0 e. The first-order chi connectivity index (χ1) is 1.41. The van der Waals surface area contributed by atoms with Crippen LogP contribution in [0, 0.1) is 0 Å². The van der Waals surface area contributed by atoms with Crippen molar-refractivity contribution in [3.8, 4) is 0 Å². The summed E-state index contributed by atoms with van der Waals surface area (Å²) in [5.41, 5.74) is 0. The molecule has 0 aliphatic heterocycles. The summed E-state index contributed by atoms with van der Waals surface area (Å²) < 4.78 is 0. The zero-order valence-electron chi connectivity index (χ0n) is 1.57. The zero-order valence-corrected chi connectivity index (χ0v) is 7.49. The molecule has 0 atom stereocenters. The van der Waals surface area contributed by atoms with E-state index < -0.39 is 18.9 Å². The van der Waals surface area contributed by atoms with E-state index in [2.05, 4.69) is 0 Å². The van der Waals surface area contributed by atoms with Gasteiger partial charge in [-0.2, -0.15) is 0 Å². The van der Waals surface area contributed by atoms with Crippen molar-refractivity contribution in [3.63, 3.8) is 0 Å². The van der Waals surface area contributed by atoms with E-state index in [1.165, 1.54) is 0 Å². The maximum absolute atomic E-state index is 4.93. The Bertz CT molecular complexity index is 9.61. The third-order valence-corrected chi connectivity index (χ3v) is 0. The summed E-state index contributed by atoms with van der Waals surface area (Å²) >= 11 is -0.826. The van der Waals surface area contributed by atoms with E-state index >= 15 is 0 Å². The molecule has 4 heteroatoms. The third-order valence-electron chi connectivity index (χ3n) is 0. The molecule has 0 amide bonds. The predicted molar refractivity (Wildman–Crippen MR) is 24.2 cm³/mol. The van der Waals surface area contributed by atoms with Crippen LogP contribution < -0.4 is 0 Å². The summed E-state index contributed by atoms with van der Waals surface area (Å²) in [6.45, 7) is 0. The standard InChI is InChI=1S/CH4.2ClH.Pd.Sn/h1H4;2*1H;;/q;;;;+2/p-2. The van der Waals surface area contributed by atoms with Crippen LogP contribution in [0.15, 0.2) is 0 Å². The van der Waals surface area contributed by atoms with Crippen LogP contribution in [0.1, 0.15) is 7.43 Å². The van der Waals surface area contributed by atoms with Crippen molar-refractivity contribution in [3.05, 3.63) is 0 Å². The molecular weight excluding hydrogens is 308 g/mol. The molecule has 0 aromatic rings. The van der Waals surface area contributed by atoms with Gasteiger partial charge in [-0.25, -0.2) is 0 Å². The van der Waals surface area contributed by atoms with Crippen molar-refractivity contribution in [1.29, 1.82) is 0 Å². The van der Waals surface area contributed by atoms with Gasteiger partial charge >= 0.3 is 36.7 Å². The molecule has 0 aliphatic rings. The summed E-state index contributed by atoms with van der Waals surface area (Å²) in [5, 5.41) is 0. The van der Waals surface area contributed by atoms with Crippen LogP contribution in [-0.4, -0.2) is 18.9 Å². The van der Waals surface area contributed by atoms with Gasteiger partial charge in [0, 0.05) is 20.4 Å². The molecule has 0 aromatic carbocycles. The second kappa shape index (κ2) is 16.6. The van der Waals surface area contributed by atoms with E-state index in [0.29, 0.717) is 0 Å². The Hall–Kier alpha value is 2.04. The smallest absolute Gasteiger partial charge is 0 e. The quantitative estimate of drug-likeness (QED) is 0.597. The van der Waals surface area contributed by atoms with E-state index in [9.17, 15) is 0 Å². The van der Waals surface area contributed by atoms with E-state index in [4.69, 9.17) is 17.8 Å². The Morgan fingerprint density at radius 1 is 1.20 bits per heavy atom. The van der Waals surface area contributed by atoms with Crippen molar-refractivity contribution < 1.29 is 20.4 Å². The van der Waals surface area contributed by atoms with E-state index in [0.717, 1.165) is 0 Å². The molecule has 36 valence electrons. The van der Waals surface area contributed by atoms with Crippen molar-refractivity contribution in [2.24, 2.45) is 0 Å². The molecule has 0 bridgehead atoms. The van der Waals surface area contributed by atoms with Gasteiger partial charge in [0.05, 0.1) is 0 Å². The summed E-state index contributed by atoms with van der Waals surface area (Å²) in [7, 11) is 9.87. The Morgan fingerprint density at radius 2 is 1.20 bits per heavy atom. The number of hydrogen-bond donors (Lipinski definition) is 0. The number of hydrogen-bond acceptors (Lipinski definition) is 0. The van der Waals surface area contributed by atoms with Gasteiger partial charge in [-0.15, -0.1) is 0 Å². The summed E-state index contributed by atoms with van der Waals surface area (Å²) in [6.07, 6.45) is 0. The van der Waals surface area contributed by atoms with E-state index in [1.807, 2.05) is 0 Å². The SMILES string of the molecule is C.[Cl][Sn][Cl].[Pd]. The van der Waals surface area contributed by atoms with Gasteiger partial charge in [0.15, 0.2) is 0 Å². The van der Waals surface area contributed by atoms with Gasteiger partial charge in [-0.05, 0) is 0 Å². The third kappa shape index (κ3) is 23.7. The van der Waals surface area contributed by atoms with Gasteiger partial charge in [0.1, 0.15) is 0 Å². The van der Waals surface area contributed by atoms with Crippen molar-refractivity contribution >= 4 is 36.7 Å². The fourth-order valence-electron chi connectivity index (χ4n) is 0. The van der Waals surface area contributed by atoms with Gasteiger partial charge in [0.25, 0.3) is 0 Å². The van der Waals surface area contributed by atoms with Crippen molar-refractivity contribution in [2.45, 2.75) is 7.43 Å². The Labute approximate surface area is 63.9 Å². The maximum atomic E-state index is 4.93. The summed E-state index contributed by atoms with van der Waals surface area (Å²) in [6, 6.07) is 0. The van der Waals surface area contributed by atoms with Crippen LogP contribution >= 0.6 is 17.8 Å². The topological polar surface area (TPSA) is 0 Å². The molecule has 0 heterocycles. The molecule has 0 saturated carbocycles. The molecule has 0 aliphatic carbocycles. The summed E-state index contributed by atoms with van der Waals surface area (Å²) in [5.74, 6) is 0. The normalized spacial score (nSPS) is 3.60. The fraction of sp³-hybridized carbons (Fsp3) is 1.00. The Balaban J connectivity index is -0.0000000200. The first-order valence-electron chi connectivity index (χ1n) is 0.378. The molecule has 0 rings (SSSR count). The molecule has 0 nitrogen and oxygen atoms in total. The molecule has 0 fully saturated rings. The molecule has 0 spiro atoms. The molecule has 0 unspecified atom stereocenters. The Morgan fingerprint density at radius 3 is 1.20 bits per heavy atom. The molecule has 0 N–H and O–H groups in total. The molecular formula is CH4Cl2PdSn. The fourth-order valence-corrected chi connectivity index (χ4v) is 0. The minimum absolute atomic E-state index is 0. The van der Waals surface area contributed by atoms with Crippen LogP contribution in [0.5, 0.6) is 0 Å². The molecule has 0 saturated heterocycles. The van der Waals surface area contributed by atoms with Crippen molar-refractivity contribution in [2.75, 3.05) is 0 Å². The first-order valence-corrected chi connectivity index (χ1v) is 7.61. The average Bonchev–Trinajstić information content (AvgIpc) is 0.918. The largest absolute Gasteiger partial charge is 0 e. The van der Waals surface area contributed by atoms with Gasteiger partial charge in [-0.1, -0.05) is 7.43 Å². The van der Waals surface area contributed by atoms with Gasteiger partial charge in [0.2, 0.25) is 0 Å². The van der Waals surface area contributed by atoms with Crippen LogP contribution in [0.2, 0.25) is 0 Å². The van der Waals surface area contributed by atoms with Crippen LogP contribution in [0.4, 0.5) is 0 Å². The number of rotatable bonds is 0. The van der Waals surface area contributed by atoms with Gasteiger partial charge in [-0.3, -0.25) is 0 Å². The summed E-state index contributed by atoms with van der Waals surface area (Å²) in [4.78, 5) is 0. The monoisotopic (exact) mass is 312 g/mol. The van der Waals surface area contributed by atoms with Gasteiger partial charge < -0.3 is 0 Å². The first kappa shape index (κ1) is 15.7. The second-order valence-electron chi connectivity index (χ2n) is 0.0714. The molecule has 5 heavy (non-hydrogen) atoms. The average molecular weight is 312 g/mol. The second-order valence-corrected chi connectivity index (χ2v) is 4.31. The van der Waals surface area contributed by atoms with Crippen molar-refractivity contribution in [1.82, 2.24) is 0 Å². The van der Waals surface area contributed by atoms with Crippen LogP contribution in [0.3, 0.4) is 0 Å². The van der Waals surface area contributed by atoms with E-state index in [-0.39, 0.29) is 27.8 Å². The molecule has 2 radical (unpaired) electrons. The minimum Gasteiger partial charge on any atom is 0 e. The Kier molecular flexibility index (Phi) is 52.2. The predicted octanol–water partition coefficient (Wildman–Crippen LogP) is 1.63. The van der Waals surface area contributed by atoms with Crippen LogP contribution in [0.25, 0.3) is 0 Å². The number of halogens is 2. The van der Waals surface area contributed by atoms with E-state index in [1.54, 1.807) is 0 Å². The van der Waals surface area contributed by atoms with Crippen LogP contribution in [-0.2, 0) is 20.4 Å². The zero-order chi connectivity index (χ0) is 2.71. The minimum atomic E-state index is -0.826.